The summed E-state index contributed by atoms with van der Waals surface area (Å²) in [5.41, 5.74) is 1.75. The van der Waals surface area contributed by atoms with E-state index in [4.69, 9.17) is 14.2 Å². The number of nitrogens with zero attached hydrogens (tertiary/aromatic N) is 4. The normalized spacial score (nSPS) is 17.8. The summed E-state index contributed by atoms with van der Waals surface area (Å²) in [5, 5.41) is 15.1. The molecule has 1 saturated heterocycles. The lowest BCUT2D eigenvalue weighted by molar-refractivity contribution is 0.0673. The van der Waals surface area contributed by atoms with Crippen molar-refractivity contribution in [3.8, 4) is 17.2 Å². The maximum atomic E-state index is 13.1. The number of benzene rings is 2. The minimum atomic E-state index is -0.261. The summed E-state index contributed by atoms with van der Waals surface area (Å²) in [4.78, 5) is 13.1. The lowest BCUT2D eigenvalue weighted by Gasteiger charge is -2.15. The van der Waals surface area contributed by atoms with Gasteiger partial charge in [0.05, 0.1) is 18.8 Å². The van der Waals surface area contributed by atoms with Crippen molar-refractivity contribution in [2.75, 3.05) is 25.6 Å². The number of carbonyl (C=O) groups is 1. The summed E-state index contributed by atoms with van der Waals surface area (Å²) in [6.45, 7) is 1.19. The number of hydrogen-bond donors (Lipinski definition) is 1. The van der Waals surface area contributed by atoms with E-state index >= 15 is 0 Å². The van der Waals surface area contributed by atoms with Gasteiger partial charge in [-0.25, -0.2) is 0 Å². The quantitative estimate of drug-likeness (QED) is 0.579. The van der Waals surface area contributed by atoms with Gasteiger partial charge in [-0.15, -0.1) is 5.10 Å². The van der Waals surface area contributed by atoms with Crippen molar-refractivity contribution in [2.24, 2.45) is 0 Å². The number of ether oxygens (including phenoxy) is 3. The van der Waals surface area contributed by atoms with E-state index in [0.717, 1.165) is 38.1 Å². The number of amides is 1. The molecule has 32 heavy (non-hydrogen) atoms. The van der Waals surface area contributed by atoms with E-state index in [1.165, 1.54) is 0 Å². The fraction of sp³-hybridized carbons (Fsp3) is 0.391. The molecule has 0 radical (unpaired) electrons. The average Bonchev–Trinajstić information content (AvgIpc) is 3.32. The van der Waals surface area contributed by atoms with Gasteiger partial charge in [0, 0.05) is 18.2 Å². The molecule has 1 aliphatic heterocycles. The third-order valence-corrected chi connectivity index (χ3v) is 5.68. The Labute approximate surface area is 185 Å². The minimum Gasteiger partial charge on any atom is -0.494 e. The maximum absolute atomic E-state index is 13.1. The maximum Gasteiger partial charge on any atom is 0.259 e. The number of para-hydroxylation sites is 1. The van der Waals surface area contributed by atoms with Crippen molar-refractivity contribution in [1.82, 2.24) is 20.2 Å². The van der Waals surface area contributed by atoms with Crippen LogP contribution < -0.4 is 14.8 Å². The summed E-state index contributed by atoms with van der Waals surface area (Å²) >= 11 is 0. The SMILES string of the molecule is COc1ccc(NC(=O)c2ccccc2OC[C@@H]2CCCO2)cc1-n1nnnc1C1CC1. The van der Waals surface area contributed by atoms with Crippen LogP contribution in [0.1, 0.15) is 47.8 Å². The predicted octanol–water partition coefficient (Wildman–Crippen LogP) is 3.36. The highest BCUT2D eigenvalue weighted by Gasteiger charge is 2.31. The Morgan fingerprint density at radius 3 is 2.84 bits per heavy atom. The lowest BCUT2D eigenvalue weighted by atomic mass is 10.1. The third kappa shape index (κ3) is 4.29. The molecule has 0 unspecified atom stereocenters. The van der Waals surface area contributed by atoms with Crippen LogP contribution in [0.2, 0.25) is 0 Å². The molecule has 5 rings (SSSR count). The third-order valence-electron chi connectivity index (χ3n) is 5.68. The van der Waals surface area contributed by atoms with Crippen molar-refractivity contribution in [1.29, 1.82) is 0 Å². The summed E-state index contributed by atoms with van der Waals surface area (Å²) < 4.78 is 18.7. The monoisotopic (exact) mass is 435 g/mol. The fourth-order valence-corrected chi connectivity index (χ4v) is 3.83. The van der Waals surface area contributed by atoms with Gasteiger partial charge in [0.1, 0.15) is 23.8 Å². The second kappa shape index (κ2) is 8.96. The Hall–Kier alpha value is -3.46. The standard InChI is InChI=1S/C23H25N5O4/c1-30-21-11-10-16(13-19(21)28-22(15-8-9-15)25-26-27-28)24-23(29)18-6-2-3-7-20(18)32-14-17-5-4-12-31-17/h2-3,6-7,10-11,13,15,17H,4-5,8-9,12,14H2,1H3,(H,24,29)/t17-/m0/s1. The molecule has 9 nitrogen and oxygen atoms in total. The number of anilines is 1. The van der Waals surface area contributed by atoms with Gasteiger partial charge >= 0.3 is 0 Å². The average molecular weight is 435 g/mol. The molecule has 2 heterocycles. The van der Waals surface area contributed by atoms with Crippen molar-refractivity contribution in [3.63, 3.8) is 0 Å². The molecule has 1 atom stereocenters. The van der Waals surface area contributed by atoms with Gasteiger partial charge in [-0.3, -0.25) is 4.79 Å². The van der Waals surface area contributed by atoms with E-state index in [-0.39, 0.29) is 12.0 Å². The van der Waals surface area contributed by atoms with Gasteiger partial charge in [-0.05, 0) is 66.4 Å². The van der Waals surface area contributed by atoms with Crippen molar-refractivity contribution in [2.45, 2.75) is 37.7 Å². The molecule has 1 aromatic heterocycles. The summed E-state index contributed by atoms with van der Waals surface area (Å²) in [6.07, 6.45) is 4.24. The summed E-state index contributed by atoms with van der Waals surface area (Å²) in [6, 6.07) is 12.6. The Bertz CT molecular complexity index is 1110. The van der Waals surface area contributed by atoms with E-state index in [0.29, 0.717) is 41.0 Å². The number of hydrogen-bond acceptors (Lipinski definition) is 7. The van der Waals surface area contributed by atoms with Crippen LogP contribution >= 0.6 is 0 Å². The molecule has 1 N–H and O–H groups in total. The van der Waals surface area contributed by atoms with Gasteiger partial charge in [-0.1, -0.05) is 12.1 Å². The smallest absolute Gasteiger partial charge is 0.259 e. The molecule has 0 spiro atoms. The molecule has 0 bridgehead atoms. The highest BCUT2D eigenvalue weighted by atomic mass is 16.5. The highest BCUT2D eigenvalue weighted by Crippen LogP contribution is 2.40. The van der Waals surface area contributed by atoms with E-state index in [9.17, 15) is 4.79 Å². The first-order chi connectivity index (χ1) is 15.7. The van der Waals surface area contributed by atoms with E-state index in [2.05, 4.69) is 20.8 Å². The zero-order valence-electron chi connectivity index (χ0n) is 17.9. The molecule has 2 fully saturated rings. The first-order valence-corrected chi connectivity index (χ1v) is 10.8. The molecular formula is C23H25N5O4. The molecule has 9 heteroatoms. The minimum absolute atomic E-state index is 0.0761. The van der Waals surface area contributed by atoms with Gasteiger partial charge in [-0.2, -0.15) is 4.68 Å². The first-order valence-electron chi connectivity index (χ1n) is 10.8. The largest absolute Gasteiger partial charge is 0.494 e. The zero-order chi connectivity index (χ0) is 21.9. The highest BCUT2D eigenvalue weighted by molar-refractivity contribution is 6.06. The van der Waals surface area contributed by atoms with Crippen LogP contribution in [0.25, 0.3) is 5.69 Å². The molecule has 2 aromatic carbocycles. The van der Waals surface area contributed by atoms with Gasteiger partial charge in [0.15, 0.2) is 5.82 Å². The Morgan fingerprint density at radius 1 is 1.19 bits per heavy atom. The Morgan fingerprint density at radius 2 is 2.06 bits per heavy atom. The summed E-state index contributed by atoms with van der Waals surface area (Å²) in [5.74, 6) is 2.06. The number of carbonyl (C=O) groups excluding carboxylic acids is 1. The molecule has 1 saturated carbocycles. The van der Waals surface area contributed by atoms with E-state index in [1.807, 2.05) is 18.2 Å². The molecule has 1 aliphatic carbocycles. The molecule has 2 aliphatic rings. The fourth-order valence-electron chi connectivity index (χ4n) is 3.83. The predicted molar refractivity (Wildman–Crippen MR) is 117 cm³/mol. The molecule has 3 aromatic rings. The van der Waals surface area contributed by atoms with E-state index < -0.39 is 0 Å². The molecule has 166 valence electrons. The number of aromatic nitrogens is 4. The van der Waals surface area contributed by atoms with Crippen molar-refractivity contribution in [3.05, 3.63) is 53.9 Å². The second-order valence-electron chi connectivity index (χ2n) is 8.01. The van der Waals surface area contributed by atoms with Gasteiger partial charge in [0.25, 0.3) is 5.91 Å². The number of rotatable bonds is 8. The topological polar surface area (TPSA) is 100 Å². The lowest BCUT2D eigenvalue weighted by Crippen LogP contribution is -2.19. The van der Waals surface area contributed by atoms with Gasteiger partial charge in [0.2, 0.25) is 0 Å². The van der Waals surface area contributed by atoms with Crippen LogP contribution in [0.3, 0.4) is 0 Å². The van der Waals surface area contributed by atoms with Gasteiger partial charge < -0.3 is 19.5 Å². The van der Waals surface area contributed by atoms with Crippen molar-refractivity contribution < 1.29 is 19.0 Å². The van der Waals surface area contributed by atoms with Crippen LogP contribution in [0.4, 0.5) is 5.69 Å². The number of tetrazole rings is 1. The molecular weight excluding hydrogens is 410 g/mol. The van der Waals surface area contributed by atoms with Crippen LogP contribution in [-0.4, -0.2) is 52.5 Å². The molecule has 1 amide bonds. The number of methoxy groups -OCH3 is 1. The van der Waals surface area contributed by atoms with Crippen LogP contribution in [0.5, 0.6) is 11.5 Å². The summed E-state index contributed by atoms with van der Waals surface area (Å²) in [7, 11) is 1.60. The van der Waals surface area contributed by atoms with Crippen LogP contribution in [0.15, 0.2) is 42.5 Å². The second-order valence-corrected chi connectivity index (χ2v) is 8.01. The zero-order valence-corrected chi connectivity index (χ0v) is 17.9. The van der Waals surface area contributed by atoms with E-state index in [1.54, 1.807) is 36.1 Å². The number of nitrogens with one attached hydrogen (secondary N) is 1. The van der Waals surface area contributed by atoms with Crippen LogP contribution in [-0.2, 0) is 4.74 Å². The Kier molecular flexibility index (Phi) is 5.72. The van der Waals surface area contributed by atoms with Crippen LogP contribution in [0, 0.1) is 0 Å². The Balaban J connectivity index is 1.36. The van der Waals surface area contributed by atoms with Crippen molar-refractivity contribution >= 4 is 11.6 Å². The first kappa shape index (κ1) is 20.4.